The van der Waals surface area contributed by atoms with Crippen LogP contribution in [0.5, 0.6) is 0 Å². The molecule has 26 heavy (non-hydrogen) atoms. The highest BCUT2D eigenvalue weighted by Gasteiger charge is 2.18. The molecule has 0 saturated carbocycles. The number of aryl methyl sites for hydroxylation is 1. The SMILES string of the molecule is Cc1ccc(-c2nc3ccccc3n3nnc(-c4ccccc4)c23)cc1. The molecule has 0 N–H and O–H groups in total. The predicted octanol–water partition coefficient (Wildman–Crippen LogP) is 4.92. The van der Waals surface area contributed by atoms with Crippen molar-refractivity contribution < 1.29 is 0 Å². The summed E-state index contributed by atoms with van der Waals surface area (Å²) in [6.45, 7) is 2.09. The summed E-state index contributed by atoms with van der Waals surface area (Å²) >= 11 is 0. The smallest absolute Gasteiger partial charge is 0.123 e. The molecule has 4 heteroatoms. The molecule has 5 aromatic rings. The van der Waals surface area contributed by atoms with Gasteiger partial charge in [0, 0.05) is 11.1 Å². The van der Waals surface area contributed by atoms with Gasteiger partial charge in [-0.3, -0.25) is 0 Å². The van der Waals surface area contributed by atoms with Gasteiger partial charge in [-0.25, -0.2) is 9.50 Å². The molecule has 0 aliphatic heterocycles. The Hall–Kier alpha value is -3.53. The molecule has 0 atom stereocenters. The van der Waals surface area contributed by atoms with E-state index in [-0.39, 0.29) is 0 Å². The largest absolute Gasteiger partial charge is 0.244 e. The van der Waals surface area contributed by atoms with Gasteiger partial charge in [0.05, 0.1) is 16.7 Å². The first-order chi connectivity index (χ1) is 12.8. The van der Waals surface area contributed by atoms with Gasteiger partial charge in [0.1, 0.15) is 11.2 Å². The third-order valence-electron chi connectivity index (χ3n) is 4.61. The van der Waals surface area contributed by atoms with Crippen LogP contribution in [0.3, 0.4) is 0 Å². The second-order valence-corrected chi connectivity index (χ2v) is 6.38. The average molecular weight is 336 g/mol. The molecule has 0 amide bonds. The molecule has 2 aromatic heterocycles. The lowest BCUT2D eigenvalue weighted by Crippen LogP contribution is -1.97. The minimum Gasteiger partial charge on any atom is -0.244 e. The number of rotatable bonds is 2. The van der Waals surface area contributed by atoms with E-state index in [1.807, 2.05) is 47.0 Å². The third-order valence-corrected chi connectivity index (χ3v) is 4.61. The minimum atomic E-state index is 0.847. The van der Waals surface area contributed by atoms with Crippen LogP contribution in [-0.4, -0.2) is 19.8 Å². The van der Waals surface area contributed by atoms with E-state index in [1.54, 1.807) is 0 Å². The van der Waals surface area contributed by atoms with Crippen molar-refractivity contribution in [3.8, 4) is 22.5 Å². The van der Waals surface area contributed by atoms with Crippen molar-refractivity contribution in [2.75, 3.05) is 0 Å². The van der Waals surface area contributed by atoms with Gasteiger partial charge < -0.3 is 0 Å². The van der Waals surface area contributed by atoms with E-state index >= 15 is 0 Å². The van der Waals surface area contributed by atoms with Gasteiger partial charge in [-0.2, -0.15) is 0 Å². The summed E-state index contributed by atoms with van der Waals surface area (Å²) in [5, 5.41) is 8.95. The van der Waals surface area contributed by atoms with Crippen molar-refractivity contribution in [2.45, 2.75) is 6.92 Å². The van der Waals surface area contributed by atoms with Gasteiger partial charge >= 0.3 is 0 Å². The van der Waals surface area contributed by atoms with E-state index in [9.17, 15) is 0 Å². The number of aromatic nitrogens is 4. The number of hydrogen-bond donors (Lipinski definition) is 0. The normalized spacial score (nSPS) is 11.3. The number of hydrogen-bond acceptors (Lipinski definition) is 3. The van der Waals surface area contributed by atoms with Crippen molar-refractivity contribution in [1.29, 1.82) is 0 Å². The molecular formula is C22H16N4. The van der Waals surface area contributed by atoms with E-state index in [0.29, 0.717) is 0 Å². The molecule has 124 valence electrons. The van der Waals surface area contributed by atoms with E-state index in [2.05, 4.69) is 53.6 Å². The van der Waals surface area contributed by atoms with Gasteiger partial charge in [0.15, 0.2) is 0 Å². The van der Waals surface area contributed by atoms with Crippen LogP contribution < -0.4 is 0 Å². The first-order valence-corrected chi connectivity index (χ1v) is 8.58. The topological polar surface area (TPSA) is 43.1 Å². The minimum absolute atomic E-state index is 0.847. The van der Waals surface area contributed by atoms with Gasteiger partial charge in [-0.1, -0.05) is 77.5 Å². The van der Waals surface area contributed by atoms with Gasteiger partial charge in [0.2, 0.25) is 0 Å². The fourth-order valence-corrected chi connectivity index (χ4v) is 3.28. The number of nitrogens with zero attached hydrogens (tertiary/aromatic N) is 4. The molecule has 5 rings (SSSR count). The quantitative estimate of drug-likeness (QED) is 0.459. The summed E-state index contributed by atoms with van der Waals surface area (Å²) in [4.78, 5) is 4.96. The molecule has 3 aromatic carbocycles. The molecule has 2 heterocycles. The molecule has 0 bridgehead atoms. The van der Waals surface area contributed by atoms with Crippen LogP contribution in [0.25, 0.3) is 39.1 Å². The molecule has 0 fully saturated rings. The molecule has 0 saturated heterocycles. The molecular weight excluding hydrogens is 320 g/mol. The second-order valence-electron chi connectivity index (χ2n) is 6.38. The Bertz CT molecular complexity index is 1220. The summed E-state index contributed by atoms with van der Waals surface area (Å²) in [6, 6.07) is 26.6. The van der Waals surface area contributed by atoms with Gasteiger partial charge in [-0.05, 0) is 19.1 Å². The highest BCUT2D eigenvalue weighted by Crippen LogP contribution is 2.32. The van der Waals surface area contributed by atoms with Gasteiger partial charge in [0.25, 0.3) is 0 Å². The summed E-state index contributed by atoms with van der Waals surface area (Å²) < 4.78 is 1.90. The molecule has 0 aliphatic rings. The maximum Gasteiger partial charge on any atom is 0.123 e. The van der Waals surface area contributed by atoms with E-state index in [0.717, 1.165) is 39.1 Å². The Labute approximate surface area is 150 Å². The second kappa shape index (κ2) is 5.77. The predicted molar refractivity (Wildman–Crippen MR) is 104 cm³/mol. The summed E-state index contributed by atoms with van der Waals surface area (Å²) in [6.07, 6.45) is 0. The average Bonchev–Trinajstić information content (AvgIpc) is 3.14. The Balaban J connectivity index is 1.91. The van der Waals surface area contributed by atoms with Crippen molar-refractivity contribution in [2.24, 2.45) is 0 Å². The summed E-state index contributed by atoms with van der Waals surface area (Å²) in [5.41, 5.74) is 7.85. The standard InChI is InChI=1S/C22H16N4/c1-15-11-13-17(14-12-15)20-22-21(16-7-3-2-4-8-16)24-25-26(22)19-10-6-5-9-18(19)23-20/h2-14H,1H3. The first kappa shape index (κ1) is 14.8. The molecule has 0 radical (unpaired) electrons. The van der Waals surface area contributed by atoms with Crippen LogP contribution in [0.1, 0.15) is 5.56 Å². The van der Waals surface area contributed by atoms with Gasteiger partial charge in [-0.15, -0.1) is 5.10 Å². The van der Waals surface area contributed by atoms with E-state index < -0.39 is 0 Å². The molecule has 4 nitrogen and oxygen atoms in total. The van der Waals surface area contributed by atoms with E-state index in [1.165, 1.54) is 5.56 Å². The van der Waals surface area contributed by atoms with Crippen LogP contribution in [0, 0.1) is 6.92 Å². The fourth-order valence-electron chi connectivity index (χ4n) is 3.28. The zero-order valence-electron chi connectivity index (χ0n) is 14.3. The number of fused-ring (bicyclic) bond motifs is 3. The van der Waals surface area contributed by atoms with Crippen molar-refractivity contribution in [1.82, 2.24) is 19.8 Å². The van der Waals surface area contributed by atoms with Crippen molar-refractivity contribution >= 4 is 16.6 Å². The Kier molecular flexibility index (Phi) is 3.28. The number of para-hydroxylation sites is 2. The Morgan fingerprint density at radius 3 is 2.19 bits per heavy atom. The van der Waals surface area contributed by atoms with Crippen LogP contribution in [0.15, 0.2) is 78.9 Å². The maximum absolute atomic E-state index is 4.96. The highest BCUT2D eigenvalue weighted by atomic mass is 15.4. The third kappa shape index (κ3) is 2.27. The summed E-state index contributed by atoms with van der Waals surface area (Å²) in [7, 11) is 0. The van der Waals surface area contributed by atoms with Crippen molar-refractivity contribution in [3.63, 3.8) is 0 Å². The lowest BCUT2D eigenvalue weighted by Gasteiger charge is -2.09. The maximum atomic E-state index is 4.96. The zero-order chi connectivity index (χ0) is 17.5. The summed E-state index contributed by atoms with van der Waals surface area (Å²) in [5.74, 6) is 0. The first-order valence-electron chi connectivity index (χ1n) is 8.58. The lowest BCUT2D eigenvalue weighted by atomic mass is 10.0. The van der Waals surface area contributed by atoms with Crippen molar-refractivity contribution in [3.05, 3.63) is 84.4 Å². The number of benzene rings is 3. The fraction of sp³-hybridized carbons (Fsp3) is 0.0455. The molecule has 0 aliphatic carbocycles. The van der Waals surface area contributed by atoms with Crippen LogP contribution in [0.4, 0.5) is 0 Å². The monoisotopic (exact) mass is 336 g/mol. The molecule has 0 unspecified atom stereocenters. The Morgan fingerprint density at radius 1 is 0.692 bits per heavy atom. The van der Waals surface area contributed by atoms with Crippen LogP contribution in [0.2, 0.25) is 0 Å². The molecule has 0 spiro atoms. The highest BCUT2D eigenvalue weighted by molar-refractivity contribution is 5.94. The van der Waals surface area contributed by atoms with E-state index in [4.69, 9.17) is 4.98 Å². The van der Waals surface area contributed by atoms with Crippen LogP contribution in [-0.2, 0) is 0 Å². The Morgan fingerprint density at radius 2 is 1.38 bits per heavy atom. The van der Waals surface area contributed by atoms with Crippen LogP contribution >= 0.6 is 0 Å². The zero-order valence-corrected chi connectivity index (χ0v) is 14.3. The lowest BCUT2D eigenvalue weighted by molar-refractivity contribution is 0.881.